The van der Waals surface area contributed by atoms with Crippen molar-refractivity contribution in [3.05, 3.63) is 28.2 Å². The lowest BCUT2D eigenvalue weighted by Gasteiger charge is -2.12. The Hall–Kier alpha value is -1.05. The summed E-state index contributed by atoms with van der Waals surface area (Å²) in [5, 5.41) is 12.2. The van der Waals surface area contributed by atoms with Crippen LogP contribution in [0.15, 0.2) is 22.7 Å². The van der Waals surface area contributed by atoms with Crippen molar-refractivity contribution in [3.8, 4) is 11.8 Å². The molecule has 0 spiro atoms. The lowest BCUT2D eigenvalue weighted by molar-refractivity contribution is 0.259. The molecule has 16 heavy (non-hydrogen) atoms. The van der Waals surface area contributed by atoms with Crippen LogP contribution in [-0.2, 0) is 0 Å². The van der Waals surface area contributed by atoms with Crippen LogP contribution in [0.1, 0.15) is 12.0 Å². The zero-order valence-corrected chi connectivity index (χ0v) is 10.5. The molecule has 1 aliphatic heterocycles. The fourth-order valence-corrected chi connectivity index (χ4v) is 2.11. The van der Waals surface area contributed by atoms with Crippen molar-refractivity contribution >= 4 is 15.9 Å². The molecule has 1 aromatic carbocycles. The van der Waals surface area contributed by atoms with Crippen molar-refractivity contribution in [1.29, 1.82) is 5.26 Å². The molecule has 0 amide bonds. The molecule has 0 saturated carbocycles. The number of ether oxygens (including phenoxy) is 1. The summed E-state index contributed by atoms with van der Waals surface area (Å²) in [5.41, 5.74) is 0.592. The highest BCUT2D eigenvalue weighted by Gasteiger charge is 2.15. The highest BCUT2D eigenvalue weighted by atomic mass is 79.9. The number of nitrogens with one attached hydrogen (secondary N) is 1. The Morgan fingerprint density at radius 2 is 2.44 bits per heavy atom. The average Bonchev–Trinajstić information content (AvgIpc) is 2.79. The molecule has 0 bridgehead atoms. The maximum absolute atomic E-state index is 8.94. The van der Waals surface area contributed by atoms with Crippen LogP contribution in [0, 0.1) is 17.2 Å². The number of nitriles is 1. The van der Waals surface area contributed by atoms with Gasteiger partial charge in [0.25, 0.3) is 0 Å². The van der Waals surface area contributed by atoms with Gasteiger partial charge in [-0.15, -0.1) is 0 Å². The number of benzene rings is 1. The van der Waals surface area contributed by atoms with Gasteiger partial charge in [-0.2, -0.15) is 5.26 Å². The second-order valence-electron chi connectivity index (χ2n) is 3.92. The van der Waals surface area contributed by atoms with Crippen LogP contribution in [0.25, 0.3) is 0 Å². The van der Waals surface area contributed by atoms with E-state index in [1.807, 2.05) is 12.1 Å². The van der Waals surface area contributed by atoms with Gasteiger partial charge >= 0.3 is 0 Å². The van der Waals surface area contributed by atoms with Crippen molar-refractivity contribution in [1.82, 2.24) is 5.32 Å². The van der Waals surface area contributed by atoms with Crippen LogP contribution in [0.2, 0.25) is 0 Å². The van der Waals surface area contributed by atoms with Crippen LogP contribution in [0.3, 0.4) is 0 Å². The van der Waals surface area contributed by atoms with E-state index >= 15 is 0 Å². The van der Waals surface area contributed by atoms with E-state index in [2.05, 4.69) is 27.3 Å². The Bertz CT molecular complexity index is 408. The summed E-state index contributed by atoms with van der Waals surface area (Å²) < 4.78 is 6.64. The lowest BCUT2D eigenvalue weighted by Crippen LogP contribution is -2.15. The van der Waals surface area contributed by atoms with E-state index in [-0.39, 0.29) is 0 Å². The van der Waals surface area contributed by atoms with Gasteiger partial charge in [-0.25, -0.2) is 0 Å². The van der Waals surface area contributed by atoms with Crippen LogP contribution in [0.4, 0.5) is 0 Å². The molecule has 3 nitrogen and oxygen atoms in total. The van der Waals surface area contributed by atoms with Crippen molar-refractivity contribution in [2.75, 3.05) is 19.7 Å². The van der Waals surface area contributed by atoms with Gasteiger partial charge in [0.05, 0.1) is 12.2 Å². The molecule has 1 aliphatic rings. The molecule has 1 aromatic rings. The Morgan fingerprint density at radius 1 is 1.56 bits per heavy atom. The van der Waals surface area contributed by atoms with Crippen molar-refractivity contribution in [3.63, 3.8) is 0 Å². The quantitative estimate of drug-likeness (QED) is 0.924. The lowest BCUT2D eigenvalue weighted by atomic mass is 10.1. The molecule has 1 atom stereocenters. The van der Waals surface area contributed by atoms with E-state index < -0.39 is 0 Å². The molecule has 4 heteroatoms. The minimum absolute atomic E-state index is 0.561. The fraction of sp³-hybridized carbons (Fsp3) is 0.417. The first-order valence-electron chi connectivity index (χ1n) is 5.33. The molecular formula is C12H13BrN2O. The number of hydrogen-bond acceptors (Lipinski definition) is 3. The Kier molecular flexibility index (Phi) is 3.81. The van der Waals surface area contributed by atoms with Gasteiger partial charge in [0.15, 0.2) is 0 Å². The van der Waals surface area contributed by atoms with E-state index in [1.54, 1.807) is 6.07 Å². The third-order valence-corrected chi connectivity index (χ3v) is 3.19. The minimum Gasteiger partial charge on any atom is -0.492 e. The van der Waals surface area contributed by atoms with E-state index in [9.17, 15) is 0 Å². The molecule has 2 rings (SSSR count). The molecule has 1 heterocycles. The van der Waals surface area contributed by atoms with Gasteiger partial charge in [0.1, 0.15) is 11.8 Å². The first kappa shape index (κ1) is 11.4. The summed E-state index contributed by atoms with van der Waals surface area (Å²) in [5.74, 6) is 1.23. The van der Waals surface area contributed by atoms with E-state index in [4.69, 9.17) is 10.00 Å². The summed E-state index contributed by atoms with van der Waals surface area (Å²) in [6.45, 7) is 2.76. The van der Waals surface area contributed by atoms with Crippen LogP contribution >= 0.6 is 15.9 Å². The average molecular weight is 281 g/mol. The van der Waals surface area contributed by atoms with Crippen molar-refractivity contribution < 1.29 is 4.74 Å². The second-order valence-corrected chi connectivity index (χ2v) is 4.84. The molecule has 0 radical (unpaired) electrons. The molecule has 1 unspecified atom stereocenters. The van der Waals surface area contributed by atoms with Gasteiger partial charge < -0.3 is 10.1 Å². The van der Waals surface area contributed by atoms with Crippen molar-refractivity contribution in [2.24, 2.45) is 5.92 Å². The van der Waals surface area contributed by atoms with Gasteiger partial charge in [-0.05, 0) is 31.2 Å². The maximum atomic E-state index is 8.94. The van der Waals surface area contributed by atoms with Crippen LogP contribution in [0.5, 0.6) is 5.75 Å². The van der Waals surface area contributed by atoms with Crippen LogP contribution < -0.4 is 10.1 Å². The first-order valence-corrected chi connectivity index (χ1v) is 6.12. The largest absolute Gasteiger partial charge is 0.492 e. The number of halogens is 1. The van der Waals surface area contributed by atoms with E-state index in [0.29, 0.717) is 23.8 Å². The summed E-state index contributed by atoms with van der Waals surface area (Å²) in [4.78, 5) is 0. The van der Waals surface area contributed by atoms with Gasteiger partial charge in [0.2, 0.25) is 0 Å². The summed E-state index contributed by atoms with van der Waals surface area (Å²) in [6.07, 6.45) is 1.15. The molecule has 1 N–H and O–H groups in total. The summed E-state index contributed by atoms with van der Waals surface area (Å²) in [6, 6.07) is 7.60. The number of rotatable bonds is 3. The predicted molar refractivity (Wildman–Crippen MR) is 65.3 cm³/mol. The standard InChI is InChI=1S/C12H13BrN2O/c13-11-2-1-10(6-14)12(5-11)16-8-9-3-4-15-7-9/h1-2,5,9,15H,3-4,7-8H2. The molecule has 1 saturated heterocycles. The zero-order valence-electron chi connectivity index (χ0n) is 8.87. The molecule has 84 valence electrons. The molecule has 1 fully saturated rings. The van der Waals surface area contributed by atoms with Gasteiger partial charge in [-0.1, -0.05) is 15.9 Å². The number of nitrogens with zero attached hydrogens (tertiary/aromatic N) is 1. The maximum Gasteiger partial charge on any atom is 0.138 e. The third kappa shape index (κ3) is 2.75. The topological polar surface area (TPSA) is 45.0 Å². The van der Waals surface area contributed by atoms with E-state index in [1.165, 1.54) is 0 Å². The summed E-state index contributed by atoms with van der Waals surface area (Å²) in [7, 11) is 0. The Balaban J connectivity index is 2.02. The predicted octanol–water partition coefficient (Wildman–Crippen LogP) is 2.31. The first-order chi connectivity index (χ1) is 7.79. The smallest absolute Gasteiger partial charge is 0.138 e. The SMILES string of the molecule is N#Cc1ccc(Br)cc1OCC1CCNC1. The molecule has 0 aliphatic carbocycles. The molecule has 0 aromatic heterocycles. The minimum atomic E-state index is 0.561. The number of hydrogen-bond donors (Lipinski definition) is 1. The Labute approximate surface area is 104 Å². The van der Waals surface area contributed by atoms with Crippen LogP contribution in [-0.4, -0.2) is 19.7 Å². The zero-order chi connectivity index (χ0) is 11.4. The fourth-order valence-electron chi connectivity index (χ4n) is 1.77. The highest BCUT2D eigenvalue weighted by Crippen LogP contribution is 2.24. The monoisotopic (exact) mass is 280 g/mol. The summed E-state index contributed by atoms with van der Waals surface area (Å²) >= 11 is 3.38. The van der Waals surface area contributed by atoms with Crippen molar-refractivity contribution in [2.45, 2.75) is 6.42 Å². The highest BCUT2D eigenvalue weighted by molar-refractivity contribution is 9.10. The second kappa shape index (κ2) is 5.33. The van der Waals surface area contributed by atoms with E-state index in [0.717, 1.165) is 24.0 Å². The third-order valence-electron chi connectivity index (χ3n) is 2.70. The van der Waals surface area contributed by atoms with Gasteiger partial charge in [-0.3, -0.25) is 0 Å². The van der Waals surface area contributed by atoms with Gasteiger partial charge in [0, 0.05) is 16.9 Å². The Morgan fingerprint density at radius 3 is 3.12 bits per heavy atom. The molecular weight excluding hydrogens is 268 g/mol. The normalized spacial score (nSPS) is 19.4.